The molecule has 5 nitrogen and oxygen atoms in total. The zero-order valence-corrected chi connectivity index (χ0v) is 17.8. The van der Waals surface area contributed by atoms with E-state index in [1.165, 1.54) is 26.3 Å². The number of amides is 1. The van der Waals surface area contributed by atoms with Crippen molar-refractivity contribution in [3.05, 3.63) is 12.2 Å². The van der Waals surface area contributed by atoms with Crippen molar-refractivity contribution in [1.82, 2.24) is 5.06 Å². The molecule has 0 bridgehead atoms. The Balaban J connectivity index is 5.05. The number of hydrogen-bond donors (Lipinski definition) is 1. The lowest BCUT2D eigenvalue weighted by atomic mass is 10.1. The van der Waals surface area contributed by atoms with Crippen LogP contribution in [-0.2, 0) is 14.1 Å². The number of likely N-dealkylation sites (N-methyl/N-ethyl adjacent to an activating group) is 1. The highest BCUT2D eigenvalue weighted by atomic mass is 28.4. The summed E-state index contributed by atoms with van der Waals surface area (Å²) in [6.07, 6.45) is 5.80. The molecule has 0 aromatic heterocycles. The summed E-state index contributed by atoms with van der Waals surface area (Å²) in [4.78, 5) is 16.6. The molecule has 0 aliphatic heterocycles. The van der Waals surface area contributed by atoms with E-state index in [9.17, 15) is 9.90 Å². The molecule has 0 saturated heterocycles. The maximum absolute atomic E-state index is 11.8. The van der Waals surface area contributed by atoms with E-state index in [1.54, 1.807) is 0 Å². The minimum Gasteiger partial charge on any atom is -0.411 e. The van der Waals surface area contributed by atoms with E-state index in [4.69, 9.17) is 9.26 Å². The lowest BCUT2D eigenvalue weighted by Gasteiger charge is -2.40. The second-order valence-corrected chi connectivity index (χ2v) is 12.5. The Morgan fingerprint density at radius 3 is 2.33 bits per heavy atom. The zero-order chi connectivity index (χ0) is 19.0. The molecule has 0 spiro atoms. The van der Waals surface area contributed by atoms with E-state index in [0.29, 0.717) is 0 Å². The number of rotatable bonds is 10. The van der Waals surface area contributed by atoms with Crippen molar-refractivity contribution in [1.29, 1.82) is 0 Å². The van der Waals surface area contributed by atoms with Gasteiger partial charge in [0.1, 0.15) is 0 Å². The fraction of sp³-hybridized carbons (Fsp3) is 0.833. The fourth-order valence-corrected chi connectivity index (χ4v) is 3.32. The molecule has 0 rings (SSSR count). The van der Waals surface area contributed by atoms with Gasteiger partial charge in [0, 0.05) is 13.1 Å². The van der Waals surface area contributed by atoms with E-state index in [0.717, 1.165) is 30.7 Å². The maximum atomic E-state index is 11.8. The summed E-state index contributed by atoms with van der Waals surface area (Å²) in [7, 11) is 0.969. The topological polar surface area (TPSA) is 59.0 Å². The summed E-state index contributed by atoms with van der Waals surface area (Å²) in [6.45, 7) is 13.1. The molecule has 0 aromatic carbocycles. The largest absolute Gasteiger partial charge is 0.411 e. The molecule has 2 atom stereocenters. The van der Waals surface area contributed by atoms with Gasteiger partial charge in [0.05, 0.1) is 19.3 Å². The monoisotopic (exact) mass is 359 g/mol. The average molecular weight is 360 g/mol. The first kappa shape index (κ1) is 23.3. The highest BCUT2D eigenvalue weighted by molar-refractivity contribution is 6.74. The van der Waals surface area contributed by atoms with Crippen LogP contribution in [0, 0.1) is 0 Å². The number of unbranched alkanes of at least 4 members (excludes halogenated alkanes) is 2. The number of hydroxylamine groups is 2. The summed E-state index contributed by atoms with van der Waals surface area (Å²) < 4.78 is 6.41. The van der Waals surface area contributed by atoms with E-state index >= 15 is 0 Å². The average Bonchev–Trinajstić information content (AvgIpc) is 2.49. The zero-order valence-electron chi connectivity index (χ0n) is 16.8. The normalized spacial score (nSPS) is 15.5. The van der Waals surface area contributed by atoms with Crippen molar-refractivity contribution in [2.45, 2.75) is 83.7 Å². The second-order valence-electron chi connectivity index (χ2n) is 7.78. The number of hydrogen-bond acceptors (Lipinski definition) is 4. The fourth-order valence-electron chi connectivity index (χ4n) is 1.95. The third-order valence-electron chi connectivity index (χ3n) is 4.75. The smallest absolute Gasteiger partial charge is 0.269 e. The summed E-state index contributed by atoms with van der Waals surface area (Å²) in [5.41, 5.74) is 0. The van der Waals surface area contributed by atoms with Gasteiger partial charge in [-0.3, -0.25) is 9.63 Å². The summed E-state index contributed by atoms with van der Waals surface area (Å²) >= 11 is 0. The molecule has 6 heteroatoms. The van der Waals surface area contributed by atoms with Gasteiger partial charge in [-0.15, -0.1) is 0 Å². The molecule has 0 aliphatic carbocycles. The van der Waals surface area contributed by atoms with Crippen LogP contribution in [0.25, 0.3) is 0 Å². The van der Waals surface area contributed by atoms with Gasteiger partial charge in [-0.05, 0) is 30.6 Å². The number of aliphatic hydroxyl groups is 1. The van der Waals surface area contributed by atoms with Crippen molar-refractivity contribution < 1.29 is 19.2 Å². The Morgan fingerprint density at radius 1 is 1.29 bits per heavy atom. The Hall–Kier alpha value is -0.693. The first-order chi connectivity index (χ1) is 11.0. The number of nitrogens with zero attached hydrogens (tertiary/aromatic N) is 1. The van der Waals surface area contributed by atoms with Gasteiger partial charge in [-0.2, -0.15) is 0 Å². The van der Waals surface area contributed by atoms with E-state index in [2.05, 4.69) is 40.8 Å². The van der Waals surface area contributed by atoms with E-state index in [1.807, 2.05) is 0 Å². The van der Waals surface area contributed by atoms with Crippen LogP contribution in [0.3, 0.4) is 0 Å². The lowest BCUT2D eigenvalue weighted by molar-refractivity contribution is -0.162. The lowest BCUT2D eigenvalue weighted by Crippen LogP contribution is -2.46. The standard InChI is InChI=1S/C18H37NO4Si/c1-9-10-11-12-16(23-24(7,8)18(2,3)4)15(20)13-14-17(21)19(5)22-6/h13-16,20H,9-12H2,1-8H3/b14-13+/t15-,16-/m1/s1. The molecule has 0 heterocycles. The predicted molar refractivity (Wildman–Crippen MR) is 101 cm³/mol. The van der Waals surface area contributed by atoms with Crippen LogP contribution in [0.15, 0.2) is 12.2 Å². The minimum atomic E-state index is -1.99. The van der Waals surface area contributed by atoms with Gasteiger partial charge in [0.15, 0.2) is 8.32 Å². The molecule has 0 aromatic rings. The van der Waals surface area contributed by atoms with Crippen molar-refractivity contribution in [2.24, 2.45) is 0 Å². The van der Waals surface area contributed by atoms with Gasteiger partial charge < -0.3 is 9.53 Å². The predicted octanol–water partition coefficient (Wildman–Crippen LogP) is 3.89. The first-order valence-electron chi connectivity index (χ1n) is 8.82. The van der Waals surface area contributed by atoms with Crippen LogP contribution in [0.1, 0.15) is 53.4 Å². The molecule has 0 radical (unpaired) electrons. The van der Waals surface area contributed by atoms with Crippen LogP contribution < -0.4 is 0 Å². The molecule has 0 aliphatic rings. The van der Waals surface area contributed by atoms with Gasteiger partial charge in [0.2, 0.25) is 0 Å². The summed E-state index contributed by atoms with van der Waals surface area (Å²) in [5, 5.41) is 11.7. The molecule has 142 valence electrons. The van der Waals surface area contributed by atoms with Crippen molar-refractivity contribution in [3.63, 3.8) is 0 Å². The van der Waals surface area contributed by atoms with Crippen LogP contribution in [-0.4, -0.2) is 50.8 Å². The van der Waals surface area contributed by atoms with Gasteiger partial charge in [-0.25, -0.2) is 5.06 Å². The summed E-state index contributed by atoms with van der Waals surface area (Å²) in [6, 6.07) is 0. The third kappa shape index (κ3) is 7.92. The highest BCUT2D eigenvalue weighted by Gasteiger charge is 2.40. The maximum Gasteiger partial charge on any atom is 0.269 e. The molecule has 24 heavy (non-hydrogen) atoms. The molecule has 0 unspecified atom stereocenters. The Bertz CT molecular complexity index is 404. The Kier molecular flexibility index (Phi) is 10.0. The van der Waals surface area contributed by atoms with Crippen LogP contribution in [0.4, 0.5) is 0 Å². The van der Waals surface area contributed by atoms with E-state index in [-0.39, 0.29) is 17.0 Å². The quantitative estimate of drug-likeness (QED) is 0.278. The number of carbonyl (C=O) groups excluding carboxylic acids is 1. The molecule has 0 saturated carbocycles. The van der Waals surface area contributed by atoms with Crippen molar-refractivity contribution >= 4 is 14.2 Å². The second kappa shape index (κ2) is 10.3. The van der Waals surface area contributed by atoms with Crippen molar-refractivity contribution in [3.8, 4) is 0 Å². The molecular formula is C18H37NO4Si. The number of carbonyl (C=O) groups is 1. The van der Waals surface area contributed by atoms with Crippen LogP contribution in [0.5, 0.6) is 0 Å². The number of aliphatic hydroxyl groups excluding tert-OH is 1. The molecular weight excluding hydrogens is 322 g/mol. The SMILES string of the molecule is CCCCC[C@@H](O[Si](C)(C)C(C)(C)C)[C@H](O)/C=C/C(=O)N(C)OC. The van der Waals surface area contributed by atoms with Gasteiger partial charge >= 0.3 is 0 Å². The van der Waals surface area contributed by atoms with Crippen LogP contribution >= 0.6 is 0 Å². The Morgan fingerprint density at radius 2 is 1.88 bits per heavy atom. The molecule has 0 fully saturated rings. The van der Waals surface area contributed by atoms with Gasteiger partial charge in [0.25, 0.3) is 5.91 Å². The highest BCUT2D eigenvalue weighted by Crippen LogP contribution is 2.38. The third-order valence-corrected chi connectivity index (χ3v) is 9.25. The van der Waals surface area contributed by atoms with Crippen LogP contribution in [0.2, 0.25) is 18.1 Å². The minimum absolute atomic E-state index is 0.0749. The Labute approximate surface area is 149 Å². The first-order valence-corrected chi connectivity index (χ1v) is 11.7. The van der Waals surface area contributed by atoms with Gasteiger partial charge in [-0.1, -0.05) is 47.0 Å². The molecule has 1 N–H and O–H groups in total. The van der Waals surface area contributed by atoms with E-state index < -0.39 is 14.4 Å². The van der Waals surface area contributed by atoms with Crippen molar-refractivity contribution in [2.75, 3.05) is 14.2 Å². The molecule has 1 amide bonds. The summed E-state index contributed by atoms with van der Waals surface area (Å²) in [5.74, 6) is -0.309.